The SMILES string of the molecule is CCOc1ccc(Cl)c(/C(O)=C2\C(=O)C(=O)N(Cc3ccc(F)cc3)C2c2ccc(N(CC)CC)cc2)c1. The van der Waals surface area contributed by atoms with E-state index in [9.17, 15) is 19.1 Å². The zero-order chi connectivity index (χ0) is 27.4. The molecular formula is C30H30ClFN2O4. The van der Waals surface area contributed by atoms with Gasteiger partial charge in [-0.3, -0.25) is 9.59 Å². The number of ether oxygens (including phenoxy) is 1. The van der Waals surface area contributed by atoms with Crippen LogP contribution in [0.4, 0.5) is 10.1 Å². The van der Waals surface area contributed by atoms with Crippen LogP contribution < -0.4 is 9.64 Å². The summed E-state index contributed by atoms with van der Waals surface area (Å²) in [6.07, 6.45) is 0. The van der Waals surface area contributed by atoms with E-state index in [1.54, 1.807) is 30.3 Å². The fourth-order valence-corrected chi connectivity index (χ4v) is 4.93. The van der Waals surface area contributed by atoms with Crippen LogP contribution in [-0.4, -0.2) is 41.4 Å². The topological polar surface area (TPSA) is 70.1 Å². The Morgan fingerprint density at radius 2 is 1.66 bits per heavy atom. The van der Waals surface area contributed by atoms with E-state index >= 15 is 0 Å². The van der Waals surface area contributed by atoms with Crippen LogP contribution in [-0.2, 0) is 16.1 Å². The molecular weight excluding hydrogens is 507 g/mol. The molecule has 6 nitrogen and oxygen atoms in total. The second-order valence-corrected chi connectivity index (χ2v) is 9.30. The van der Waals surface area contributed by atoms with Crippen molar-refractivity contribution in [2.45, 2.75) is 33.4 Å². The Kier molecular flexibility index (Phi) is 8.37. The highest BCUT2D eigenvalue weighted by molar-refractivity contribution is 6.47. The number of halogens is 2. The predicted octanol–water partition coefficient (Wildman–Crippen LogP) is 6.35. The van der Waals surface area contributed by atoms with Crippen LogP contribution in [0.5, 0.6) is 5.75 Å². The maximum Gasteiger partial charge on any atom is 0.295 e. The molecule has 1 aliphatic heterocycles. The molecule has 3 aromatic rings. The first kappa shape index (κ1) is 27.2. The Hall–Kier alpha value is -3.84. The summed E-state index contributed by atoms with van der Waals surface area (Å²) >= 11 is 6.42. The van der Waals surface area contributed by atoms with Crippen molar-refractivity contribution in [3.63, 3.8) is 0 Å². The molecule has 1 amide bonds. The summed E-state index contributed by atoms with van der Waals surface area (Å²) in [6.45, 7) is 8.07. The fourth-order valence-electron chi connectivity index (χ4n) is 4.72. The summed E-state index contributed by atoms with van der Waals surface area (Å²) in [5.41, 5.74) is 2.43. The van der Waals surface area contributed by atoms with Crippen molar-refractivity contribution in [3.05, 3.63) is 99.8 Å². The molecule has 1 atom stereocenters. The molecule has 1 saturated heterocycles. The van der Waals surface area contributed by atoms with Gasteiger partial charge in [0.2, 0.25) is 0 Å². The number of benzene rings is 3. The largest absolute Gasteiger partial charge is 0.507 e. The third-order valence-corrected chi connectivity index (χ3v) is 6.98. The molecule has 4 rings (SSSR count). The number of carbonyl (C=O) groups is 2. The van der Waals surface area contributed by atoms with Gasteiger partial charge in [0.05, 0.1) is 23.2 Å². The van der Waals surface area contributed by atoms with Gasteiger partial charge in [-0.15, -0.1) is 0 Å². The average molecular weight is 537 g/mol. The maximum atomic E-state index is 13.5. The van der Waals surface area contributed by atoms with Gasteiger partial charge in [-0.05, 0) is 74.4 Å². The van der Waals surface area contributed by atoms with Gasteiger partial charge in [0.1, 0.15) is 17.3 Å². The summed E-state index contributed by atoms with van der Waals surface area (Å²) in [5.74, 6) is -1.89. The van der Waals surface area contributed by atoms with E-state index in [0.717, 1.165) is 18.8 Å². The lowest BCUT2D eigenvalue weighted by molar-refractivity contribution is -0.140. The number of ketones is 1. The molecule has 0 aliphatic carbocycles. The number of anilines is 1. The number of carbonyl (C=O) groups excluding carboxylic acids is 2. The lowest BCUT2D eigenvalue weighted by Gasteiger charge is -2.27. The third-order valence-electron chi connectivity index (χ3n) is 6.65. The Balaban J connectivity index is 1.86. The Morgan fingerprint density at radius 1 is 1.00 bits per heavy atom. The molecule has 0 aromatic heterocycles. The van der Waals surface area contributed by atoms with Crippen molar-refractivity contribution in [2.24, 2.45) is 0 Å². The fraction of sp³-hybridized carbons (Fsp3) is 0.267. The summed E-state index contributed by atoms with van der Waals surface area (Å²) in [5, 5.41) is 11.6. The minimum absolute atomic E-state index is 0.0524. The van der Waals surface area contributed by atoms with E-state index in [2.05, 4.69) is 18.7 Å². The van der Waals surface area contributed by atoms with Gasteiger partial charge in [0.15, 0.2) is 0 Å². The second kappa shape index (κ2) is 11.7. The van der Waals surface area contributed by atoms with E-state index in [0.29, 0.717) is 23.5 Å². The van der Waals surface area contributed by atoms with E-state index in [4.69, 9.17) is 16.3 Å². The highest BCUT2D eigenvalue weighted by Gasteiger charge is 2.46. The average Bonchev–Trinajstić information content (AvgIpc) is 3.17. The highest BCUT2D eigenvalue weighted by atomic mass is 35.5. The molecule has 1 N–H and O–H groups in total. The van der Waals surface area contributed by atoms with Crippen LogP contribution in [0.1, 0.15) is 43.5 Å². The Bertz CT molecular complexity index is 1350. The maximum absolute atomic E-state index is 13.5. The van der Waals surface area contributed by atoms with E-state index < -0.39 is 23.5 Å². The van der Waals surface area contributed by atoms with Gasteiger partial charge in [-0.1, -0.05) is 35.9 Å². The Morgan fingerprint density at radius 3 is 2.26 bits per heavy atom. The summed E-state index contributed by atoms with van der Waals surface area (Å²) in [7, 11) is 0. The minimum Gasteiger partial charge on any atom is -0.507 e. The van der Waals surface area contributed by atoms with Gasteiger partial charge in [-0.25, -0.2) is 4.39 Å². The zero-order valence-corrected chi connectivity index (χ0v) is 22.3. The van der Waals surface area contributed by atoms with E-state index in [1.165, 1.54) is 17.0 Å². The molecule has 1 unspecified atom stereocenters. The molecule has 0 spiro atoms. The van der Waals surface area contributed by atoms with Gasteiger partial charge >= 0.3 is 0 Å². The van der Waals surface area contributed by atoms with Crippen LogP contribution in [0.2, 0.25) is 5.02 Å². The van der Waals surface area contributed by atoms with Crippen molar-refractivity contribution >= 4 is 34.7 Å². The second-order valence-electron chi connectivity index (χ2n) is 8.89. The normalized spacial score (nSPS) is 16.7. The number of Topliss-reactive ketones (excluding diaryl/α,β-unsaturated/α-hetero) is 1. The van der Waals surface area contributed by atoms with Gasteiger partial charge in [0.25, 0.3) is 11.7 Å². The number of likely N-dealkylation sites (tertiary alicyclic amines) is 1. The van der Waals surface area contributed by atoms with Crippen LogP contribution in [0.3, 0.4) is 0 Å². The standard InChI is InChI=1S/C30H30ClFN2O4/c1-4-33(5-2)22-13-9-20(10-14-22)27-26(28(35)24-17-23(38-6-3)15-16-25(24)31)29(36)30(37)34(27)18-19-7-11-21(32)12-8-19/h7-17,27,35H,4-6,18H2,1-3H3/b28-26+. The van der Waals surface area contributed by atoms with Gasteiger partial charge in [-0.2, -0.15) is 0 Å². The van der Waals surface area contributed by atoms with Crippen molar-refractivity contribution < 1.29 is 23.8 Å². The molecule has 1 fully saturated rings. The molecule has 0 saturated carbocycles. The molecule has 1 heterocycles. The summed E-state index contributed by atoms with van der Waals surface area (Å²) < 4.78 is 19.1. The van der Waals surface area contributed by atoms with E-state index in [1.807, 2.05) is 31.2 Å². The van der Waals surface area contributed by atoms with Crippen LogP contribution in [0, 0.1) is 5.82 Å². The first-order chi connectivity index (χ1) is 18.3. The van der Waals surface area contributed by atoms with Crippen LogP contribution >= 0.6 is 11.6 Å². The number of amides is 1. The summed E-state index contributed by atoms with van der Waals surface area (Å²) in [6, 6.07) is 17.2. The highest BCUT2D eigenvalue weighted by Crippen LogP contribution is 2.42. The number of hydrogen-bond donors (Lipinski definition) is 1. The van der Waals surface area contributed by atoms with Crippen LogP contribution in [0.25, 0.3) is 5.76 Å². The first-order valence-electron chi connectivity index (χ1n) is 12.6. The van der Waals surface area contributed by atoms with E-state index in [-0.39, 0.29) is 28.5 Å². The monoisotopic (exact) mass is 536 g/mol. The number of rotatable bonds is 9. The molecule has 8 heteroatoms. The molecule has 0 bridgehead atoms. The smallest absolute Gasteiger partial charge is 0.295 e. The van der Waals surface area contributed by atoms with Gasteiger partial charge < -0.3 is 19.6 Å². The molecule has 3 aromatic carbocycles. The molecule has 38 heavy (non-hydrogen) atoms. The van der Waals surface area contributed by atoms with Gasteiger partial charge in [0, 0.05) is 30.9 Å². The minimum atomic E-state index is -0.877. The number of aliphatic hydroxyl groups is 1. The van der Waals surface area contributed by atoms with Crippen molar-refractivity contribution in [3.8, 4) is 5.75 Å². The Labute approximate surface area is 226 Å². The van der Waals surface area contributed by atoms with Crippen LogP contribution in [0.15, 0.2) is 72.3 Å². The zero-order valence-electron chi connectivity index (χ0n) is 21.6. The number of nitrogens with zero attached hydrogens (tertiary/aromatic N) is 2. The van der Waals surface area contributed by atoms with Crippen molar-refractivity contribution in [1.82, 2.24) is 4.90 Å². The van der Waals surface area contributed by atoms with Crippen molar-refractivity contribution in [2.75, 3.05) is 24.6 Å². The quantitative estimate of drug-likeness (QED) is 0.196. The first-order valence-corrected chi connectivity index (χ1v) is 13.0. The number of hydrogen-bond acceptors (Lipinski definition) is 5. The third kappa shape index (κ3) is 5.38. The summed E-state index contributed by atoms with van der Waals surface area (Å²) in [4.78, 5) is 30.3. The molecule has 0 radical (unpaired) electrons. The predicted molar refractivity (Wildman–Crippen MR) is 147 cm³/mol. The lowest BCUT2D eigenvalue weighted by Crippen LogP contribution is -2.29. The lowest BCUT2D eigenvalue weighted by atomic mass is 9.94. The number of aliphatic hydroxyl groups excluding tert-OH is 1. The van der Waals surface area contributed by atoms with Crippen molar-refractivity contribution in [1.29, 1.82) is 0 Å². The molecule has 198 valence electrons. The molecule has 1 aliphatic rings.